The molecule has 4 heteroatoms. The second-order valence-corrected chi connectivity index (χ2v) is 3.85. The fourth-order valence-electron chi connectivity index (χ4n) is 2.04. The lowest BCUT2D eigenvalue weighted by atomic mass is 10.0. The van der Waals surface area contributed by atoms with Gasteiger partial charge in [0.2, 0.25) is 0 Å². The zero-order valence-corrected chi connectivity index (χ0v) is 9.84. The van der Waals surface area contributed by atoms with Crippen LogP contribution in [0.25, 0.3) is 0 Å². The van der Waals surface area contributed by atoms with Crippen LogP contribution in [-0.4, -0.2) is 55.2 Å². The van der Waals surface area contributed by atoms with E-state index >= 15 is 0 Å². The maximum atomic E-state index is 10.1. The van der Waals surface area contributed by atoms with E-state index in [0.29, 0.717) is 6.61 Å². The molecule has 0 aliphatic carbocycles. The van der Waals surface area contributed by atoms with Crippen molar-refractivity contribution in [3.05, 3.63) is 25.3 Å². The third kappa shape index (κ3) is 3.15. The average Bonchev–Trinajstić information content (AvgIpc) is 2.29. The van der Waals surface area contributed by atoms with Crippen molar-refractivity contribution in [3.8, 4) is 0 Å². The smallest absolute Gasteiger partial charge is 0.184 e. The Kier molecular flexibility index (Phi) is 5.69. The summed E-state index contributed by atoms with van der Waals surface area (Å²) in [7, 11) is 1.54. The molecule has 0 bridgehead atoms. The van der Waals surface area contributed by atoms with Crippen LogP contribution in [0.5, 0.6) is 0 Å². The second-order valence-electron chi connectivity index (χ2n) is 3.85. The van der Waals surface area contributed by atoms with E-state index in [-0.39, 0.29) is 6.04 Å². The lowest BCUT2D eigenvalue weighted by molar-refractivity contribution is -0.221. The first-order valence-electron chi connectivity index (χ1n) is 5.53. The lowest BCUT2D eigenvalue weighted by Crippen LogP contribution is -2.53. The predicted molar refractivity (Wildman–Crippen MR) is 63.1 cm³/mol. The highest BCUT2D eigenvalue weighted by atomic mass is 16.7. The van der Waals surface area contributed by atoms with Gasteiger partial charge >= 0.3 is 0 Å². The Hall–Kier alpha value is -0.680. The van der Waals surface area contributed by atoms with E-state index in [1.807, 2.05) is 12.2 Å². The van der Waals surface area contributed by atoms with Crippen molar-refractivity contribution >= 4 is 0 Å². The van der Waals surface area contributed by atoms with Crippen LogP contribution in [0.15, 0.2) is 25.3 Å². The average molecular weight is 227 g/mol. The van der Waals surface area contributed by atoms with Gasteiger partial charge in [-0.15, -0.1) is 13.2 Å². The molecule has 0 aromatic carbocycles. The summed E-state index contributed by atoms with van der Waals surface area (Å²) in [4.78, 5) is 2.12. The molecule has 4 nitrogen and oxygen atoms in total. The van der Waals surface area contributed by atoms with Gasteiger partial charge in [0.05, 0.1) is 6.61 Å². The summed E-state index contributed by atoms with van der Waals surface area (Å²) >= 11 is 0. The van der Waals surface area contributed by atoms with Crippen LogP contribution < -0.4 is 0 Å². The van der Waals surface area contributed by atoms with Gasteiger partial charge in [-0.2, -0.15) is 0 Å². The molecule has 1 saturated heterocycles. The largest absolute Gasteiger partial charge is 0.386 e. The fourth-order valence-corrected chi connectivity index (χ4v) is 2.04. The molecule has 92 valence electrons. The number of aliphatic hydroxyl groups is 1. The molecular formula is C12H21NO3. The highest BCUT2D eigenvalue weighted by molar-refractivity contribution is 4.90. The molecule has 0 spiro atoms. The minimum Gasteiger partial charge on any atom is -0.386 e. The van der Waals surface area contributed by atoms with Gasteiger partial charge in [-0.25, -0.2) is 0 Å². The van der Waals surface area contributed by atoms with E-state index in [9.17, 15) is 5.11 Å². The molecule has 1 heterocycles. The monoisotopic (exact) mass is 227 g/mol. The first-order chi connectivity index (χ1) is 7.74. The van der Waals surface area contributed by atoms with Crippen molar-refractivity contribution in [1.82, 2.24) is 4.90 Å². The molecule has 3 atom stereocenters. The Morgan fingerprint density at radius 2 is 2.06 bits per heavy atom. The molecule has 0 amide bonds. The zero-order chi connectivity index (χ0) is 12.0. The summed E-state index contributed by atoms with van der Waals surface area (Å²) < 4.78 is 10.4. The highest BCUT2D eigenvalue weighted by Gasteiger charge is 2.35. The summed E-state index contributed by atoms with van der Waals surface area (Å²) in [5.41, 5.74) is 0. The highest BCUT2D eigenvalue weighted by Crippen LogP contribution is 2.20. The van der Waals surface area contributed by atoms with Gasteiger partial charge in [0.25, 0.3) is 0 Å². The maximum Gasteiger partial charge on any atom is 0.184 e. The van der Waals surface area contributed by atoms with Crippen molar-refractivity contribution in [2.24, 2.45) is 0 Å². The molecule has 3 unspecified atom stereocenters. The molecule has 1 aliphatic heterocycles. The number of aliphatic hydroxyl groups excluding tert-OH is 1. The molecule has 1 fully saturated rings. The Labute approximate surface area is 97.1 Å². The van der Waals surface area contributed by atoms with Crippen molar-refractivity contribution in [1.29, 1.82) is 0 Å². The Morgan fingerprint density at radius 3 is 2.56 bits per heavy atom. The molecule has 1 rings (SSSR count). The molecule has 0 radical (unpaired) electrons. The normalized spacial score (nSPS) is 30.3. The van der Waals surface area contributed by atoms with Crippen molar-refractivity contribution in [3.63, 3.8) is 0 Å². The number of nitrogens with zero attached hydrogens (tertiary/aromatic N) is 1. The Morgan fingerprint density at radius 1 is 1.44 bits per heavy atom. The van der Waals surface area contributed by atoms with Crippen LogP contribution in [0.4, 0.5) is 0 Å². The number of methoxy groups -OCH3 is 1. The van der Waals surface area contributed by atoms with Crippen LogP contribution in [0, 0.1) is 0 Å². The van der Waals surface area contributed by atoms with Gasteiger partial charge in [-0.05, 0) is 6.42 Å². The Bertz CT molecular complexity index is 222. The van der Waals surface area contributed by atoms with Gasteiger partial charge in [0, 0.05) is 26.2 Å². The quantitative estimate of drug-likeness (QED) is 0.681. The van der Waals surface area contributed by atoms with Crippen LogP contribution in [0.1, 0.15) is 6.42 Å². The van der Waals surface area contributed by atoms with Crippen molar-refractivity contribution in [2.75, 3.05) is 26.8 Å². The molecule has 0 aromatic rings. The van der Waals surface area contributed by atoms with E-state index in [2.05, 4.69) is 18.1 Å². The fraction of sp³-hybridized carbons (Fsp3) is 0.667. The first kappa shape index (κ1) is 13.4. The number of hydrogen-bond donors (Lipinski definition) is 1. The van der Waals surface area contributed by atoms with E-state index in [0.717, 1.165) is 19.5 Å². The van der Waals surface area contributed by atoms with Crippen molar-refractivity contribution < 1.29 is 14.6 Å². The molecule has 0 saturated carbocycles. The molecule has 16 heavy (non-hydrogen) atoms. The summed E-state index contributed by atoms with van der Waals surface area (Å²) in [5.74, 6) is 0. The van der Waals surface area contributed by atoms with Gasteiger partial charge in [0.15, 0.2) is 6.29 Å². The van der Waals surface area contributed by atoms with Gasteiger partial charge in [-0.1, -0.05) is 12.2 Å². The molecule has 1 aliphatic rings. The third-order valence-electron chi connectivity index (χ3n) is 2.80. The summed E-state index contributed by atoms with van der Waals surface area (Å²) in [6, 6.07) is 0.0368. The number of hydrogen-bond acceptors (Lipinski definition) is 4. The molecular weight excluding hydrogens is 206 g/mol. The third-order valence-corrected chi connectivity index (χ3v) is 2.80. The van der Waals surface area contributed by atoms with Gasteiger partial charge < -0.3 is 14.6 Å². The topological polar surface area (TPSA) is 41.9 Å². The number of rotatable bonds is 6. The summed E-state index contributed by atoms with van der Waals surface area (Å²) in [6.45, 7) is 9.50. The number of ether oxygens (including phenoxy) is 2. The SMILES string of the molecule is C=CCN(CC=C)C1CCOC(OC)C1O. The van der Waals surface area contributed by atoms with Crippen LogP contribution in [0.2, 0.25) is 0 Å². The van der Waals surface area contributed by atoms with E-state index in [1.54, 1.807) is 7.11 Å². The second kappa shape index (κ2) is 6.81. The molecule has 0 aromatic heterocycles. The van der Waals surface area contributed by atoms with Gasteiger partial charge in [-0.3, -0.25) is 4.90 Å². The first-order valence-corrected chi connectivity index (χ1v) is 5.53. The van der Waals surface area contributed by atoms with E-state index < -0.39 is 12.4 Å². The minimum atomic E-state index is -0.626. The summed E-state index contributed by atoms with van der Waals surface area (Å²) in [5, 5.41) is 10.1. The molecule has 1 N–H and O–H groups in total. The van der Waals surface area contributed by atoms with Crippen LogP contribution >= 0.6 is 0 Å². The van der Waals surface area contributed by atoms with E-state index in [4.69, 9.17) is 9.47 Å². The van der Waals surface area contributed by atoms with Crippen LogP contribution in [0.3, 0.4) is 0 Å². The van der Waals surface area contributed by atoms with Crippen molar-refractivity contribution in [2.45, 2.75) is 24.9 Å². The van der Waals surface area contributed by atoms with E-state index in [1.165, 1.54) is 0 Å². The predicted octanol–water partition coefficient (Wildman–Crippen LogP) is 0.783. The summed E-state index contributed by atoms with van der Waals surface area (Å²) in [6.07, 6.45) is 3.29. The minimum absolute atomic E-state index is 0.0368. The Balaban J connectivity index is 2.66. The van der Waals surface area contributed by atoms with Crippen LogP contribution in [-0.2, 0) is 9.47 Å². The van der Waals surface area contributed by atoms with Gasteiger partial charge in [0.1, 0.15) is 6.10 Å². The lowest BCUT2D eigenvalue weighted by Gasteiger charge is -2.39. The standard InChI is InChI=1S/C12H21NO3/c1-4-7-13(8-5-2)10-6-9-16-12(15-3)11(10)14/h4-5,10-12,14H,1-2,6-9H2,3H3. The zero-order valence-electron chi connectivity index (χ0n) is 9.84. The maximum absolute atomic E-state index is 10.1.